The van der Waals surface area contributed by atoms with Crippen LogP contribution >= 0.6 is 0 Å². The summed E-state index contributed by atoms with van der Waals surface area (Å²) in [5.74, 6) is -1.85. The van der Waals surface area contributed by atoms with Gasteiger partial charge in [-0.3, -0.25) is 4.79 Å². The van der Waals surface area contributed by atoms with E-state index in [-0.39, 0.29) is 0 Å². The molecule has 0 aromatic rings. The van der Waals surface area contributed by atoms with E-state index < -0.39 is 17.5 Å². The maximum absolute atomic E-state index is 11.6. The van der Waals surface area contributed by atoms with Crippen molar-refractivity contribution >= 4 is 5.78 Å². The zero-order valence-electron chi connectivity index (χ0n) is 5.90. The minimum atomic E-state index is -4.80. The lowest BCUT2D eigenvalue weighted by molar-refractivity contribution is -0.166. The predicted molar refractivity (Wildman–Crippen MR) is 35.0 cm³/mol. The Morgan fingerprint density at radius 3 is 2.00 bits per heavy atom. The Balaban J connectivity index is 4.62. The first-order valence-corrected chi connectivity index (χ1v) is 2.83. The second-order valence-corrected chi connectivity index (χ2v) is 1.78. The topological polar surface area (TPSA) is 17.1 Å². The fourth-order valence-corrected chi connectivity index (χ4v) is 0.505. The van der Waals surface area contributed by atoms with E-state index in [2.05, 4.69) is 6.58 Å². The number of carbonyl (C=O) groups is 1. The van der Waals surface area contributed by atoms with Gasteiger partial charge in [0.05, 0.1) is 0 Å². The van der Waals surface area contributed by atoms with Gasteiger partial charge >= 0.3 is 6.18 Å². The maximum atomic E-state index is 11.6. The average molecular weight is 164 g/mol. The molecule has 0 heterocycles. The molecule has 0 aromatic carbocycles. The third kappa shape index (κ3) is 2.57. The van der Waals surface area contributed by atoms with E-state index in [4.69, 9.17) is 0 Å². The van der Waals surface area contributed by atoms with Crippen molar-refractivity contribution in [1.82, 2.24) is 0 Å². The fraction of sp³-hybridized carbons (Fsp3) is 0.286. The van der Waals surface area contributed by atoms with Gasteiger partial charge in [-0.05, 0) is 6.92 Å². The molecule has 0 aliphatic carbocycles. The van der Waals surface area contributed by atoms with Gasteiger partial charge < -0.3 is 0 Å². The maximum Gasteiger partial charge on any atom is 0.454 e. The minimum absolute atomic E-state index is 0.419. The Hall–Kier alpha value is -1.06. The van der Waals surface area contributed by atoms with Crippen LogP contribution in [0, 0.1) is 0 Å². The summed E-state index contributed by atoms with van der Waals surface area (Å²) in [6, 6.07) is 0. The molecule has 0 atom stereocenters. The molecule has 0 saturated carbocycles. The zero-order chi connectivity index (χ0) is 9.07. The van der Waals surface area contributed by atoms with Gasteiger partial charge in [0.1, 0.15) is 0 Å². The fourth-order valence-electron chi connectivity index (χ4n) is 0.505. The molecule has 0 radical (unpaired) electrons. The molecular formula is C7H7F3O. The number of alkyl halides is 3. The Morgan fingerprint density at radius 2 is 1.91 bits per heavy atom. The highest BCUT2D eigenvalue weighted by atomic mass is 19.4. The lowest BCUT2D eigenvalue weighted by Crippen LogP contribution is -2.23. The van der Waals surface area contributed by atoms with E-state index in [0.29, 0.717) is 0 Å². The smallest absolute Gasteiger partial charge is 0.284 e. The zero-order valence-corrected chi connectivity index (χ0v) is 5.90. The second kappa shape index (κ2) is 3.37. The molecule has 4 heteroatoms. The highest BCUT2D eigenvalue weighted by Crippen LogP contribution is 2.20. The molecule has 0 amide bonds. The molecule has 1 nitrogen and oxygen atoms in total. The van der Waals surface area contributed by atoms with E-state index >= 15 is 0 Å². The van der Waals surface area contributed by atoms with Crippen LogP contribution in [0.5, 0.6) is 0 Å². The number of ketones is 1. The molecule has 0 rings (SSSR count). The van der Waals surface area contributed by atoms with E-state index in [9.17, 15) is 18.0 Å². The van der Waals surface area contributed by atoms with Gasteiger partial charge in [0, 0.05) is 5.57 Å². The van der Waals surface area contributed by atoms with Gasteiger partial charge in [0.15, 0.2) is 0 Å². The number of Topliss-reactive ketones (excluding diaryl/α,β-unsaturated/α-hetero) is 1. The van der Waals surface area contributed by atoms with Gasteiger partial charge in [-0.2, -0.15) is 13.2 Å². The summed E-state index contributed by atoms with van der Waals surface area (Å²) in [5, 5.41) is 0. The van der Waals surface area contributed by atoms with Crippen LogP contribution in [-0.2, 0) is 4.79 Å². The molecule has 62 valence electrons. The molecule has 0 aliphatic heterocycles. The highest BCUT2D eigenvalue weighted by Gasteiger charge is 2.39. The second-order valence-electron chi connectivity index (χ2n) is 1.78. The Morgan fingerprint density at radius 1 is 1.45 bits per heavy atom. The minimum Gasteiger partial charge on any atom is -0.284 e. The van der Waals surface area contributed by atoms with Crippen LogP contribution in [-0.4, -0.2) is 12.0 Å². The SMILES string of the molecule is C=C/C(=C\C)C(=O)C(F)(F)F. The Bertz CT molecular complexity index is 200. The lowest BCUT2D eigenvalue weighted by Gasteiger charge is -2.03. The summed E-state index contributed by atoms with van der Waals surface area (Å²) in [4.78, 5) is 10.4. The Labute approximate surface area is 62.2 Å². The van der Waals surface area contributed by atoms with Gasteiger partial charge in [0.25, 0.3) is 5.78 Å². The molecule has 0 bridgehead atoms. The van der Waals surface area contributed by atoms with Crippen molar-refractivity contribution in [1.29, 1.82) is 0 Å². The lowest BCUT2D eigenvalue weighted by atomic mass is 10.1. The summed E-state index contributed by atoms with van der Waals surface area (Å²) in [7, 11) is 0. The van der Waals surface area contributed by atoms with Gasteiger partial charge in [0.2, 0.25) is 0 Å². The molecule has 0 N–H and O–H groups in total. The van der Waals surface area contributed by atoms with E-state index in [1.807, 2.05) is 0 Å². The third-order valence-corrected chi connectivity index (χ3v) is 1.05. The molecular weight excluding hydrogens is 157 g/mol. The van der Waals surface area contributed by atoms with Crippen LogP contribution < -0.4 is 0 Å². The van der Waals surface area contributed by atoms with Crippen molar-refractivity contribution in [3.8, 4) is 0 Å². The highest BCUT2D eigenvalue weighted by molar-refractivity contribution is 6.01. The number of carbonyl (C=O) groups excluding carboxylic acids is 1. The predicted octanol–water partition coefficient (Wildman–Crippen LogP) is 2.25. The molecule has 0 aliphatic rings. The van der Waals surface area contributed by atoms with Gasteiger partial charge in [-0.1, -0.05) is 18.7 Å². The first-order chi connectivity index (χ1) is 4.93. The van der Waals surface area contributed by atoms with Crippen molar-refractivity contribution in [2.24, 2.45) is 0 Å². The summed E-state index contributed by atoms with van der Waals surface area (Å²) >= 11 is 0. The van der Waals surface area contributed by atoms with E-state index in [1.165, 1.54) is 6.92 Å². The monoisotopic (exact) mass is 164 g/mol. The van der Waals surface area contributed by atoms with Gasteiger partial charge in [-0.25, -0.2) is 0 Å². The quantitative estimate of drug-likeness (QED) is 0.452. The largest absolute Gasteiger partial charge is 0.454 e. The number of allylic oxidation sites excluding steroid dienone is 3. The summed E-state index contributed by atoms with van der Waals surface area (Å²) in [6.07, 6.45) is -2.84. The molecule has 0 unspecified atom stereocenters. The van der Waals surface area contributed by atoms with Crippen LogP contribution in [0.2, 0.25) is 0 Å². The van der Waals surface area contributed by atoms with E-state index in [1.54, 1.807) is 0 Å². The van der Waals surface area contributed by atoms with Crippen molar-refractivity contribution in [3.05, 3.63) is 24.3 Å². The van der Waals surface area contributed by atoms with Gasteiger partial charge in [-0.15, -0.1) is 0 Å². The molecule has 0 fully saturated rings. The molecule has 0 saturated heterocycles. The van der Waals surface area contributed by atoms with Crippen molar-refractivity contribution in [3.63, 3.8) is 0 Å². The number of hydrogen-bond acceptors (Lipinski definition) is 1. The first-order valence-electron chi connectivity index (χ1n) is 2.83. The number of halogens is 3. The normalized spacial score (nSPS) is 12.9. The number of hydrogen-bond donors (Lipinski definition) is 0. The summed E-state index contributed by atoms with van der Waals surface area (Å²) < 4.78 is 34.9. The van der Waals surface area contributed by atoms with Crippen molar-refractivity contribution in [2.45, 2.75) is 13.1 Å². The molecule has 0 spiro atoms. The van der Waals surface area contributed by atoms with Crippen LogP contribution in [0.15, 0.2) is 24.3 Å². The molecule has 0 aromatic heterocycles. The Kier molecular flexibility index (Phi) is 3.04. The van der Waals surface area contributed by atoms with Crippen molar-refractivity contribution < 1.29 is 18.0 Å². The van der Waals surface area contributed by atoms with Crippen LogP contribution in [0.4, 0.5) is 13.2 Å². The van der Waals surface area contributed by atoms with Crippen LogP contribution in [0.25, 0.3) is 0 Å². The summed E-state index contributed by atoms with van der Waals surface area (Å²) in [6.45, 7) is 4.43. The van der Waals surface area contributed by atoms with Crippen LogP contribution in [0.1, 0.15) is 6.92 Å². The van der Waals surface area contributed by atoms with Crippen molar-refractivity contribution in [2.75, 3.05) is 0 Å². The van der Waals surface area contributed by atoms with E-state index in [0.717, 1.165) is 12.2 Å². The average Bonchev–Trinajstić information content (AvgIpc) is 1.88. The first kappa shape index (κ1) is 9.94. The third-order valence-electron chi connectivity index (χ3n) is 1.05. The molecule has 11 heavy (non-hydrogen) atoms. The summed E-state index contributed by atoms with van der Waals surface area (Å²) in [5.41, 5.74) is -0.419. The standard InChI is InChI=1S/C7H7F3O/c1-3-5(4-2)6(11)7(8,9)10/h3-4H,1H2,2H3/b5-4+. The number of rotatable bonds is 2. The van der Waals surface area contributed by atoms with Crippen LogP contribution in [0.3, 0.4) is 0 Å².